The molecule has 2 atom stereocenters. The quantitative estimate of drug-likeness (QED) is 0.662. The van der Waals surface area contributed by atoms with Gasteiger partial charge in [0.05, 0.1) is 12.2 Å². The van der Waals surface area contributed by atoms with Crippen LogP contribution in [0.5, 0.6) is 0 Å². The summed E-state index contributed by atoms with van der Waals surface area (Å²) in [6.45, 7) is 0.0266. The third-order valence-corrected chi connectivity index (χ3v) is 8.04. The first-order chi connectivity index (χ1) is 17.9. The molecule has 37 heavy (non-hydrogen) atoms. The Kier molecular flexibility index (Phi) is 5.62. The molecule has 10 heteroatoms. The molecule has 192 valence electrons. The number of nitrogens with zero attached hydrogens (tertiary/aromatic N) is 3. The van der Waals surface area contributed by atoms with Gasteiger partial charge in [-0.3, -0.25) is 14.6 Å². The molecule has 2 N–H and O–H groups in total. The zero-order valence-corrected chi connectivity index (χ0v) is 20.7. The van der Waals surface area contributed by atoms with Crippen molar-refractivity contribution in [1.29, 1.82) is 0 Å². The highest BCUT2D eigenvalue weighted by Crippen LogP contribution is 2.46. The Balaban J connectivity index is 1.23. The Hall–Kier alpha value is -3.95. The van der Waals surface area contributed by atoms with Gasteiger partial charge in [0.15, 0.2) is 0 Å². The molecule has 5 amide bonds. The van der Waals surface area contributed by atoms with Crippen molar-refractivity contribution in [1.82, 2.24) is 20.1 Å². The van der Waals surface area contributed by atoms with Gasteiger partial charge in [-0.25, -0.2) is 14.5 Å². The zero-order valence-electron chi connectivity index (χ0n) is 20.7. The number of aromatic nitrogens is 1. The van der Waals surface area contributed by atoms with Crippen LogP contribution in [0.25, 0.3) is 0 Å². The van der Waals surface area contributed by atoms with Crippen molar-refractivity contribution in [3.8, 4) is 0 Å². The standard InChI is InChI=1S/C27H29N5O5/c1-28-25(35)30-19-7-8-20-18(13-19)10-11-27(20)24(34)32(26(36)37-27)15-23(33)31-14-21-16(3-2-12-29-21)6-9-22(31)17-4-5-17/h2-3,7-8,12-13,17,22H,4-6,9-11,14-15H2,1H3,(H2,28,30,35)/t22?,27-/m1/s1. The van der Waals surface area contributed by atoms with Gasteiger partial charge < -0.3 is 20.3 Å². The lowest BCUT2D eigenvalue weighted by Gasteiger charge is -2.31. The van der Waals surface area contributed by atoms with Gasteiger partial charge in [-0.05, 0) is 67.3 Å². The predicted molar refractivity (Wildman–Crippen MR) is 132 cm³/mol. The number of ether oxygens (including phenoxy) is 1. The van der Waals surface area contributed by atoms with Gasteiger partial charge in [0.1, 0.15) is 6.54 Å². The maximum Gasteiger partial charge on any atom is 0.418 e. The van der Waals surface area contributed by atoms with Crippen LogP contribution >= 0.6 is 0 Å². The molecule has 4 aliphatic rings. The monoisotopic (exact) mass is 503 g/mol. The number of urea groups is 1. The normalized spacial score (nSPS) is 24.4. The first-order valence-corrected chi connectivity index (χ1v) is 12.8. The molecule has 2 aliphatic carbocycles. The van der Waals surface area contributed by atoms with E-state index in [1.165, 1.54) is 7.05 Å². The summed E-state index contributed by atoms with van der Waals surface area (Å²) in [5.41, 5.74) is 2.60. The molecule has 3 heterocycles. The predicted octanol–water partition coefficient (Wildman–Crippen LogP) is 2.71. The SMILES string of the molecule is CNC(=O)Nc1ccc2c(c1)CC[C@@]21OC(=O)N(CC(=O)N2Cc3ncccc3CCC2C2CC2)C1=O. The summed E-state index contributed by atoms with van der Waals surface area (Å²) in [4.78, 5) is 59.2. The average molecular weight is 504 g/mol. The molecule has 1 spiro atoms. The van der Waals surface area contributed by atoms with Gasteiger partial charge in [-0.1, -0.05) is 12.1 Å². The smallest absolute Gasteiger partial charge is 0.418 e. The highest BCUT2D eigenvalue weighted by atomic mass is 16.6. The van der Waals surface area contributed by atoms with Crippen molar-refractivity contribution in [3.05, 3.63) is 58.9 Å². The second-order valence-electron chi connectivity index (χ2n) is 10.2. The number of nitrogens with one attached hydrogen (secondary N) is 2. The number of carbonyl (C=O) groups is 4. The summed E-state index contributed by atoms with van der Waals surface area (Å²) in [6, 6.07) is 8.87. The lowest BCUT2D eigenvalue weighted by molar-refractivity contribution is -0.143. The van der Waals surface area contributed by atoms with Crippen molar-refractivity contribution in [3.63, 3.8) is 0 Å². The molecule has 1 saturated heterocycles. The van der Waals surface area contributed by atoms with Gasteiger partial charge in [0, 0.05) is 37.0 Å². The van der Waals surface area contributed by atoms with E-state index in [0.717, 1.165) is 47.4 Å². The Labute approximate surface area is 214 Å². The van der Waals surface area contributed by atoms with Crippen LogP contribution in [0.4, 0.5) is 15.3 Å². The van der Waals surface area contributed by atoms with Crippen molar-refractivity contribution >= 4 is 29.6 Å². The van der Waals surface area contributed by atoms with Crippen molar-refractivity contribution in [2.75, 3.05) is 18.9 Å². The Morgan fingerprint density at radius 3 is 2.76 bits per heavy atom. The Morgan fingerprint density at radius 1 is 1.14 bits per heavy atom. The molecule has 10 nitrogen and oxygen atoms in total. The Bertz CT molecular complexity index is 1310. The summed E-state index contributed by atoms with van der Waals surface area (Å²) >= 11 is 0. The van der Waals surface area contributed by atoms with E-state index < -0.39 is 17.6 Å². The number of pyridine rings is 1. The Morgan fingerprint density at radius 2 is 1.97 bits per heavy atom. The summed E-state index contributed by atoms with van der Waals surface area (Å²) in [5, 5.41) is 5.21. The summed E-state index contributed by atoms with van der Waals surface area (Å²) in [6.07, 6.45) is 5.61. The summed E-state index contributed by atoms with van der Waals surface area (Å²) in [7, 11) is 1.53. The molecular weight excluding hydrogens is 474 g/mol. The van der Waals surface area contributed by atoms with Gasteiger partial charge in [0.2, 0.25) is 11.5 Å². The third-order valence-electron chi connectivity index (χ3n) is 8.04. The molecule has 0 bridgehead atoms. The highest BCUT2D eigenvalue weighted by Gasteiger charge is 2.58. The molecule has 2 fully saturated rings. The largest absolute Gasteiger partial charge is 0.427 e. The van der Waals surface area contributed by atoms with E-state index in [1.54, 1.807) is 24.4 Å². The minimum atomic E-state index is -1.43. The second-order valence-corrected chi connectivity index (χ2v) is 10.2. The molecule has 1 aromatic heterocycles. The lowest BCUT2D eigenvalue weighted by atomic mass is 9.94. The number of fused-ring (bicyclic) bond motifs is 3. The maximum absolute atomic E-state index is 13.6. The molecule has 2 aromatic rings. The van der Waals surface area contributed by atoms with Gasteiger partial charge in [0.25, 0.3) is 5.91 Å². The fraction of sp³-hybridized carbons (Fsp3) is 0.444. The zero-order chi connectivity index (χ0) is 25.7. The molecule has 1 aromatic carbocycles. The van der Waals surface area contributed by atoms with Gasteiger partial charge >= 0.3 is 12.1 Å². The van der Waals surface area contributed by atoms with Crippen LogP contribution in [0, 0.1) is 5.92 Å². The van der Waals surface area contributed by atoms with Crippen LogP contribution in [0.15, 0.2) is 36.5 Å². The first kappa shape index (κ1) is 23.4. The van der Waals surface area contributed by atoms with Crippen LogP contribution < -0.4 is 10.6 Å². The van der Waals surface area contributed by atoms with E-state index in [4.69, 9.17) is 4.74 Å². The first-order valence-electron chi connectivity index (χ1n) is 12.8. The fourth-order valence-corrected chi connectivity index (χ4v) is 5.97. The molecule has 2 aliphatic heterocycles. The van der Waals surface area contributed by atoms with Crippen molar-refractivity contribution in [2.24, 2.45) is 5.92 Å². The maximum atomic E-state index is 13.6. The minimum Gasteiger partial charge on any atom is -0.427 e. The van der Waals surface area contributed by atoms with Crippen molar-refractivity contribution in [2.45, 2.75) is 56.7 Å². The van der Waals surface area contributed by atoms with E-state index in [2.05, 4.69) is 21.7 Å². The van der Waals surface area contributed by atoms with E-state index in [-0.39, 0.29) is 24.5 Å². The number of carbonyl (C=O) groups excluding carboxylic acids is 4. The average Bonchev–Trinajstić information content (AvgIpc) is 3.66. The second kappa shape index (κ2) is 8.86. The van der Waals surface area contributed by atoms with Crippen molar-refractivity contribution < 1.29 is 23.9 Å². The molecule has 1 unspecified atom stereocenters. The third kappa shape index (κ3) is 4.00. The molecular formula is C27H29N5O5. The van der Waals surface area contributed by atoms with E-state index >= 15 is 0 Å². The number of hydrogen-bond acceptors (Lipinski definition) is 6. The number of hydrogen-bond donors (Lipinski definition) is 2. The van der Waals surface area contributed by atoms with Crippen LogP contribution in [0.3, 0.4) is 0 Å². The lowest BCUT2D eigenvalue weighted by Crippen LogP contribution is -2.48. The minimum absolute atomic E-state index is 0.0721. The topological polar surface area (TPSA) is 121 Å². The number of aryl methyl sites for hydroxylation is 2. The molecule has 6 rings (SSSR count). The van der Waals surface area contributed by atoms with E-state index in [1.807, 2.05) is 11.0 Å². The number of benzene rings is 1. The van der Waals surface area contributed by atoms with Gasteiger partial charge in [-0.2, -0.15) is 0 Å². The van der Waals surface area contributed by atoms with Crippen LogP contribution in [0.1, 0.15) is 48.1 Å². The fourth-order valence-electron chi connectivity index (χ4n) is 5.97. The highest BCUT2D eigenvalue weighted by molar-refractivity contribution is 6.06. The van der Waals surface area contributed by atoms with Crippen LogP contribution in [-0.4, -0.2) is 58.4 Å². The summed E-state index contributed by atoms with van der Waals surface area (Å²) in [5.74, 6) is -0.320. The van der Waals surface area contributed by atoms with Crippen LogP contribution in [0.2, 0.25) is 0 Å². The number of rotatable bonds is 4. The number of anilines is 1. The number of imide groups is 1. The molecule has 1 saturated carbocycles. The van der Waals surface area contributed by atoms with Gasteiger partial charge in [-0.15, -0.1) is 0 Å². The summed E-state index contributed by atoms with van der Waals surface area (Å²) < 4.78 is 5.71. The van der Waals surface area contributed by atoms with E-state index in [0.29, 0.717) is 36.6 Å². The van der Waals surface area contributed by atoms with Crippen LogP contribution in [-0.2, 0) is 39.3 Å². The number of amides is 5. The molecule has 0 radical (unpaired) electrons. The van der Waals surface area contributed by atoms with E-state index in [9.17, 15) is 19.2 Å².